The maximum Gasteiger partial charge on any atom is 0.119 e. The molecule has 0 amide bonds. The molecular weight excluding hydrogens is 222 g/mol. The molecule has 0 radical (unpaired) electrons. The third kappa shape index (κ3) is 4.19. The molecule has 0 unspecified atom stereocenters. The van der Waals surface area contributed by atoms with Crippen molar-refractivity contribution < 1.29 is 4.74 Å². The molecule has 1 aliphatic rings. The normalized spacial score (nSPS) is 15.8. The molecule has 0 heterocycles. The number of rotatable bonds is 7. The first-order chi connectivity index (χ1) is 8.81. The van der Waals surface area contributed by atoms with Gasteiger partial charge in [-0.2, -0.15) is 0 Å². The third-order valence-electron chi connectivity index (χ3n) is 3.19. The Morgan fingerprint density at radius 2 is 2.22 bits per heavy atom. The van der Waals surface area contributed by atoms with Crippen LogP contribution < -0.4 is 10.1 Å². The summed E-state index contributed by atoms with van der Waals surface area (Å²) < 4.78 is 5.53. The summed E-state index contributed by atoms with van der Waals surface area (Å²) in [5.74, 6) is 0.955. The Morgan fingerprint density at radius 3 is 2.89 bits per heavy atom. The van der Waals surface area contributed by atoms with Crippen molar-refractivity contribution in [3.63, 3.8) is 0 Å². The zero-order valence-electron chi connectivity index (χ0n) is 11.4. The summed E-state index contributed by atoms with van der Waals surface area (Å²) in [4.78, 5) is 0. The molecular formula is C16H23NO. The molecule has 1 fully saturated rings. The lowest BCUT2D eigenvalue weighted by Crippen LogP contribution is -2.18. The van der Waals surface area contributed by atoms with Gasteiger partial charge in [-0.15, -0.1) is 0 Å². The molecule has 0 spiro atoms. The molecule has 0 aliphatic heterocycles. The average molecular weight is 245 g/mol. The van der Waals surface area contributed by atoms with E-state index in [0.29, 0.717) is 0 Å². The predicted molar refractivity (Wildman–Crippen MR) is 76.9 cm³/mol. The summed E-state index contributed by atoms with van der Waals surface area (Å²) in [6.07, 6.45) is 6.06. The average Bonchev–Trinajstić information content (AvgIpc) is 3.19. The second-order valence-corrected chi connectivity index (χ2v) is 4.82. The number of hydrogen-bond acceptors (Lipinski definition) is 2. The summed E-state index contributed by atoms with van der Waals surface area (Å²) in [5.41, 5.74) is 2.69. The molecule has 0 bridgehead atoms. The zero-order valence-corrected chi connectivity index (χ0v) is 11.4. The van der Waals surface area contributed by atoms with E-state index in [0.717, 1.165) is 31.4 Å². The van der Waals surface area contributed by atoms with Crippen LogP contribution in [0.25, 0.3) is 6.08 Å². The van der Waals surface area contributed by atoms with Crippen molar-refractivity contribution in [2.45, 2.75) is 39.2 Å². The van der Waals surface area contributed by atoms with E-state index in [9.17, 15) is 0 Å². The number of nitrogens with one attached hydrogen (secondary N) is 1. The first-order valence-electron chi connectivity index (χ1n) is 6.97. The summed E-state index contributed by atoms with van der Waals surface area (Å²) in [6, 6.07) is 9.08. The minimum absolute atomic E-state index is 0.719. The lowest BCUT2D eigenvalue weighted by Gasteiger charge is -2.07. The van der Waals surface area contributed by atoms with Crippen LogP contribution in [-0.2, 0) is 0 Å². The standard InChI is InChI=1S/C16H23NO/c1-3-13(12-17-15-8-9-15)10-14-6-5-7-16(11-14)18-4-2/h5-7,10-11,15,17H,3-4,8-9,12H2,1-2H3. The Morgan fingerprint density at radius 1 is 1.39 bits per heavy atom. The lowest BCUT2D eigenvalue weighted by molar-refractivity contribution is 0.340. The molecule has 2 rings (SSSR count). The fourth-order valence-corrected chi connectivity index (χ4v) is 1.94. The molecule has 1 aliphatic carbocycles. The van der Waals surface area contributed by atoms with E-state index in [1.54, 1.807) is 0 Å². The Balaban J connectivity index is 2.00. The molecule has 0 atom stereocenters. The quantitative estimate of drug-likeness (QED) is 0.792. The first kappa shape index (κ1) is 13.2. The first-order valence-corrected chi connectivity index (χ1v) is 6.97. The van der Waals surface area contributed by atoms with E-state index in [1.807, 2.05) is 13.0 Å². The summed E-state index contributed by atoms with van der Waals surface area (Å²) in [7, 11) is 0. The lowest BCUT2D eigenvalue weighted by atomic mass is 10.1. The topological polar surface area (TPSA) is 21.3 Å². The second-order valence-electron chi connectivity index (χ2n) is 4.82. The van der Waals surface area contributed by atoms with E-state index in [-0.39, 0.29) is 0 Å². The zero-order chi connectivity index (χ0) is 12.8. The van der Waals surface area contributed by atoms with Crippen molar-refractivity contribution in [2.75, 3.05) is 13.2 Å². The van der Waals surface area contributed by atoms with Crippen molar-refractivity contribution in [1.82, 2.24) is 5.32 Å². The number of hydrogen-bond donors (Lipinski definition) is 1. The van der Waals surface area contributed by atoms with Crippen LogP contribution >= 0.6 is 0 Å². The van der Waals surface area contributed by atoms with E-state index in [2.05, 4.69) is 36.5 Å². The number of ether oxygens (including phenoxy) is 1. The van der Waals surface area contributed by atoms with Gasteiger partial charge in [-0.1, -0.05) is 30.7 Å². The summed E-state index contributed by atoms with van der Waals surface area (Å²) in [5, 5.41) is 3.57. The van der Waals surface area contributed by atoms with Crippen LogP contribution in [0.2, 0.25) is 0 Å². The largest absolute Gasteiger partial charge is 0.494 e. The van der Waals surface area contributed by atoms with Gasteiger partial charge in [0.15, 0.2) is 0 Å². The molecule has 2 nitrogen and oxygen atoms in total. The van der Waals surface area contributed by atoms with Gasteiger partial charge in [-0.3, -0.25) is 0 Å². The van der Waals surface area contributed by atoms with Crippen molar-refractivity contribution in [3.05, 3.63) is 35.4 Å². The highest BCUT2D eigenvalue weighted by molar-refractivity contribution is 5.55. The minimum Gasteiger partial charge on any atom is -0.494 e. The maximum atomic E-state index is 5.53. The van der Waals surface area contributed by atoms with Gasteiger partial charge in [0.2, 0.25) is 0 Å². The second kappa shape index (κ2) is 6.60. The minimum atomic E-state index is 0.719. The smallest absolute Gasteiger partial charge is 0.119 e. The van der Waals surface area contributed by atoms with Gasteiger partial charge in [0.25, 0.3) is 0 Å². The van der Waals surface area contributed by atoms with Crippen LogP contribution in [0.3, 0.4) is 0 Å². The van der Waals surface area contributed by atoms with Crippen molar-refractivity contribution in [3.8, 4) is 5.75 Å². The van der Waals surface area contributed by atoms with Gasteiger partial charge >= 0.3 is 0 Å². The van der Waals surface area contributed by atoms with E-state index < -0.39 is 0 Å². The predicted octanol–water partition coefficient (Wildman–Crippen LogP) is 3.63. The van der Waals surface area contributed by atoms with Gasteiger partial charge in [-0.25, -0.2) is 0 Å². The molecule has 98 valence electrons. The molecule has 0 saturated heterocycles. The molecule has 18 heavy (non-hydrogen) atoms. The van der Waals surface area contributed by atoms with E-state index in [4.69, 9.17) is 4.74 Å². The summed E-state index contributed by atoms with van der Waals surface area (Å²) in [6.45, 7) is 5.96. The Labute approximate surface area is 110 Å². The molecule has 1 aromatic rings. The highest BCUT2D eigenvalue weighted by Crippen LogP contribution is 2.20. The van der Waals surface area contributed by atoms with Gasteiger partial charge in [0, 0.05) is 12.6 Å². The third-order valence-corrected chi connectivity index (χ3v) is 3.19. The van der Waals surface area contributed by atoms with Gasteiger partial charge < -0.3 is 10.1 Å². The van der Waals surface area contributed by atoms with E-state index in [1.165, 1.54) is 24.0 Å². The van der Waals surface area contributed by atoms with Crippen LogP contribution in [-0.4, -0.2) is 19.2 Å². The molecule has 1 aromatic carbocycles. The van der Waals surface area contributed by atoms with Crippen molar-refractivity contribution in [1.29, 1.82) is 0 Å². The summed E-state index contributed by atoms with van der Waals surface area (Å²) >= 11 is 0. The monoisotopic (exact) mass is 245 g/mol. The number of benzene rings is 1. The molecule has 0 aromatic heterocycles. The highest BCUT2D eigenvalue weighted by Gasteiger charge is 2.19. The van der Waals surface area contributed by atoms with Crippen LogP contribution in [0, 0.1) is 0 Å². The van der Waals surface area contributed by atoms with Gasteiger partial charge in [-0.05, 0) is 43.9 Å². The van der Waals surface area contributed by atoms with Gasteiger partial charge in [0.1, 0.15) is 5.75 Å². The van der Waals surface area contributed by atoms with Crippen LogP contribution in [0.4, 0.5) is 0 Å². The van der Waals surface area contributed by atoms with E-state index >= 15 is 0 Å². The molecule has 2 heteroatoms. The SMILES string of the molecule is CCOc1cccc(C=C(CC)CNC2CC2)c1. The highest BCUT2D eigenvalue weighted by atomic mass is 16.5. The van der Waals surface area contributed by atoms with Crippen molar-refractivity contribution in [2.24, 2.45) is 0 Å². The van der Waals surface area contributed by atoms with Crippen LogP contribution in [0.15, 0.2) is 29.8 Å². The van der Waals surface area contributed by atoms with Crippen LogP contribution in [0.5, 0.6) is 5.75 Å². The maximum absolute atomic E-state index is 5.53. The molecule has 1 N–H and O–H groups in total. The Kier molecular flexibility index (Phi) is 4.82. The Bertz CT molecular complexity index is 407. The molecule has 1 saturated carbocycles. The van der Waals surface area contributed by atoms with Crippen molar-refractivity contribution >= 4 is 6.08 Å². The van der Waals surface area contributed by atoms with Gasteiger partial charge in [0.05, 0.1) is 6.61 Å². The fraction of sp³-hybridized carbons (Fsp3) is 0.500. The Hall–Kier alpha value is -1.28. The van der Waals surface area contributed by atoms with Crippen LogP contribution in [0.1, 0.15) is 38.7 Å². The fourth-order valence-electron chi connectivity index (χ4n) is 1.94.